The molecule has 0 radical (unpaired) electrons. The lowest BCUT2D eigenvalue weighted by molar-refractivity contribution is 0.215. The molecule has 0 unspecified atom stereocenters. The molecule has 1 heterocycles. The molecule has 0 fully saturated rings. The Balaban J connectivity index is 1.90. The van der Waals surface area contributed by atoms with Gasteiger partial charge in [-0.15, -0.1) is 0 Å². The number of hydrogen-bond donors (Lipinski definition) is 1. The first-order valence-electron chi connectivity index (χ1n) is 6.94. The van der Waals surface area contributed by atoms with Crippen LogP contribution in [0.3, 0.4) is 0 Å². The molecule has 4 nitrogen and oxygen atoms in total. The molecule has 2 aromatic carbocycles. The summed E-state index contributed by atoms with van der Waals surface area (Å²) in [5.74, 6) is 0.258. The van der Waals surface area contributed by atoms with Crippen molar-refractivity contribution in [1.29, 1.82) is 0 Å². The van der Waals surface area contributed by atoms with Gasteiger partial charge in [0.1, 0.15) is 10.7 Å². The predicted octanol–water partition coefficient (Wildman–Crippen LogP) is 6.11. The third-order valence-corrected chi connectivity index (χ3v) is 4.34. The van der Waals surface area contributed by atoms with E-state index in [2.05, 4.69) is 10.3 Å². The van der Waals surface area contributed by atoms with E-state index in [1.165, 1.54) is 6.07 Å². The number of benzene rings is 2. The van der Waals surface area contributed by atoms with Crippen molar-refractivity contribution in [3.63, 3.8) is 0 Å². The van der Waals surface area contributed by atoms with Gasteiger partial charge < -0.3 is 4.74 Å². The highest BCUT2D eigenvalue weighted by Crippen LogP contribution is 2.31. The summed E-state index contributed by atoms with van der Waals surface area (Å²) in [6.45, 7) is 1.80. The lowest BCUT2D eigenvalue weighted by Crippen LogP contribution is -2.17. The fourth-order valence-corrected chi connectivity index (χ4v) is 2.89. The average molecular weight is 382 g/mol. The van der Waals surface area contributed by atoms with Gasteiger partial charge in [-0.05, 0) is 36.8 Å². The summed E-state index contributed by atoms with van der Waals surface area (Å²) in [6, 6.07) is 11.9. The Morgan fingerprint density at radius 1 is 1.08 bits per heavy atom. The molecular formula is C17H11Cl3N2O2. The van der Waals surface area contributed by atoms with Crippen molar-refractivity contribution in [2.45, 2.75) is 6.92 Å². The van der Waals surface area contributed by atoms with Crippen LogP contribution in [0.2, 0.25) is 15.2 Å². The van der Waals surface area contributed by atoms with Gasteiger partial charge in [0.2, 0.25) is 0 Å². The molecule has 0 spiro atoms. The van der Waals surface area contributed by atoms with Gasteiger partial charge in [-0.2, -0.15) is 0 Å². The summed E-state index contributed by atoms with van der Waals surface area (Å²) in [7, 11) is 0. The highest BCUT2D eigenvalue weighted by Gasteiger charge is 2.13. The number of hydrogen-bond acceptors (Lipinski definition) is 3. The number of nitrogens with one attached hydrogen (secondary N) is 1. The average Bonchev–Trinajstić information content (AvgIpc) is 2.52. The normalized spacial score (nSPS) is 10.7. The number of halogens is 3. The SMILES string of the molecule is Cc1c(Cl)cccc1NC(=O)Oc1cccc2c(Cl)cc(Cl)nc12. The Kier molecular flexibility index (Phi) is 4.81. The fraction of sp³-hybridized carbons (Fsp3) is 0.0588. The Morgan fingerprint density at radius 2 is 1.83 bits per heavy atom. The van der Waals surface area contributed by atoms with Crippen LogP contribution in [-0.2, 0) is 0 Å². The van der Waals surface area contributed by atoms with Crippen LogP contribution in [-0.4, -0.2) is 11.1 Å². The van der Waals surface area contributed by atoms with Gasteiger partial charge in [0.25, 0.3) is 0 Å². The van der Waals surface area contributed by atoms with Crippen LogP contribution in [0.25, 0.3) is 10.9 Å². The summed E-state index contributed by atoms with van der Waals surface area (Å²) in [5, 5.41) is 4.50. The number of rotatable bonds is 2. The Morgan fingerprint density at radius 3 is 2.62 bits per heavy atom. The zero-order valence-corrected chi connectivity index (χ0v) is 14.7. The summed E-state index contributed by atoms with van der Waals surface area (Å²) in [6.07, 6.45) is -0.661. The number of pyridine rings is 1. The molecule has 0 bridgehead atoms. The van der Waals surface area contributed by atoms with Crippen LogP contribution in [0.5, 0.6) is 5.75 Å². The second-order valence-corrected chi connectivity index (χ2v) is 6.21. The summed E-state index contributed by atoms with van der Waals surface area (Å²) in [4.78, 5) is 16.4. The number of aromatic nitrogens is 1. The van der Waals surface area contributed by atoms with Gasteiger partial charge in [0.15, 0.2) is 5.75 Å². The number of anilines is 1. The first-order valence-corrected chi connectivity index (χ1v) is 8.08. The van der Waals surface area contributed by atoms with Crippen molar-refractivity contribution in [1.82, 2.24) is 4.98 Å². The zero-order valence-electron chi connectivity index (χ0n) is 12.4. The van der Waals surface area contributed by atoms with E-state index in [4.69, 9.17) is 39.5 Å². The van der Waals surface area contributed by atoms with Crippen molar-refractivity contribution in [2.24, 2.45) is 0 Å². The van der Waals surface area contributed by atoms with Crippen molar-refractivity contribution >= 4 is 57.5 Å². The maximum Gasteiger partial charge on any atom is 0.417 e. The number of amides is 1. The van der Waals surface area contributed by atoms with Crippen LogP contribution in [0.15, 0.2) is 42.5 Å². The molecule has 122 valence electrons. The molecule has 0 aliphatic carbocycles. The number of ether oxygens (including phenoxy) is 1. The molecule has 0 aliphatic rings. The quantitative estimate of drug-likeness (QED) is 0.544. The molecule has 0 atom stereocenters. The minimum Gasteiger partial charge on any atom is -0.408 e. The minimum atomic E-state index is -0.661. The van der Waals surface area contributed by atoms with E-state index in [9.17, 15) is 4.79 Å². The fourth-order valence-electron chi connectivity index (χ4n) is 2.21. The Labute approximate surface area is 153 Å². The maximum absolute atomic E-state index is 12.2. The molecule has 0 aliphatic heterocycles. The third-order valence-electron chi connectivity index (χ3n) is 3.43. The van der Waals surface area contributed by atoms with Crippen LogP contribution in [0.1, 0.15) is 5.56 Å². The zero-order chi connectivity index (χ0) is 17.3. The first-order chi connectivity index (χ1) is 11.5. The van der Waals surface area contributed by atoms with Crippen LogP contribution < -0.4 is 10.1 Å². The van der Waals surface area contributed by atoms with Gasteiger partial charge in [-0.25, -0.2) is 9.78 Å². The lowest BCUT2D eigenvalue weighted by Gasteiger charge is -2.11. The first kappa shape index (κ1) is 16.8. The topological polar surface area (TPSA) is 51.2 Å². The lowest BCUT2D eigenvalue weighted by atomic mass is 10.2. The molecule has 1 amide bonds. The highest BCUT2D eigenvalue weighted by atomic mass is 35.5. The summed E-state index contributed by atoms with van der Waals surface area (Å²) < 4.78 is 5.36. The Bertz CT molecular complexity index is 945. The smallest absolute Gasteiger partial charge is 0.408 e. The molecular weight excluding hydrogens is 371 g/mol. The van der Waals surface area contributed by atoms with E-state index in [0.29, 0.717) is 26.6 Å². The number of carbonyl (C=O) groups is 1. The largest absolute Gasteiger partial charge is 0.417 e. The highest BCUT2D eigenvalue weighted by molar-refractivity contribution is 6.38. The molecule has 0 saturated carbocycles. The third kappa shape index (κ3) is 3.41. The Hall–Kier alpha value is -2.01. The minimum absolute atomic E-state index is 0.217. The second-order valence-electron chi connectivity index (χ2n) is 5.01. The van der Waals surface area contributed by atoms with Gasteiger partial charge in [0.05, 0.1) is 5.02 Å². The standard InChI is InChI=1S/C17H11Cl3N2O2/c1-9-11(18)5-3-6-13(9)21-17(23)24-14-7-2-4-10-12(19)8-15(20)22-16(10)14/h2-8H,1H3,(H,21,23). The number of nitrogens with zero attached hydrogens (tertiary/aromatic N) is 1. The van der Waals surface area contributed by atoms with Crippen molar-refractivity contribution in [3.8, 4) is 5.75 Å². The molecule has 3 aromatic rings. The maximum atomic E-state index is 12.2. The van der Waals surface area contributed by atoms with E-state index in [1.54, 1.807) is 43.3 Å². The van der Waals surface area contributed by atoms with Gasteiger partial charge in [0, 0.05) is 16.1 Å². The summed E-state index contributed by atoms with van der Waals surface area (Å²) in [5.41, 5.74) is 1.72. The second kappa shape index (κ2) is 6.85. The summed E-state index contributed by atoms with van der Waals surface area (Å²) >= 11 is 18.1. The van der Waals surface area contributed by atoms with Gasteiger partial charge >= 0.3 is 6.09 Å². The van der Waals surface area contributed by atoms with Gasteiger partial charge in [-0.1, -0.05) is 53.0 Å². The molecule has 24 heavy (non-hydrogen) atoms. The molecule has 7 heteroatoms. The number of carbonyl (C=O) groups excluding carboxylic acids is 1. The van der Waals surface area contributed by atoms with Crippen molar-refractivity contribution in [3.05, 3.63) is 63.2 Å². The van der Waals surface area contributed by atoms with Crippen molar-refractivity contribution in [2.75, 3.05) is 5.32 Å². The van der Waals surface area contributed by atoms with E-state index in [1.807, 2.05) is 0 Å². The molecule has 3 rings (SSSR count). The van der Waals surface area contributed by atoms with Crippen molar-refractivity contribution < 1.29 is 9.53 Å². The molecule has 1 N–H and O–H groups in total. The molecule has 1 aromatic heterocycles. The van der Waals surface area contributed by atoms with Crippen LogP contribution in [0, 0.1) is 6.92 Å². The van der Waals surface area contributed by atoms with E-state index in [-0.39, 0.29) is 10.9 Å². The van der Waals surface area contributed by atoms with Crippen LogP contribution >= 0.6 is 34.8 Å². The monoisotopic (exact) mass is 380 g/mol. The van der Waals surface area contributed by atoms with Gasteiger partial charge in [-0.3, -0.25) is 5.32 Å². The van der Waals surface area contributed by atoms with E-state index in [0.717, 1.165) is 5.56 Å². The van der Waals surface area contributed by atoms with Crippen LogP contribution in [0.4, 0.5) is 10.5 Å². The number of fused-ring (bicyclic) bond motifs is 1. The number of para-hydroxylation sites is 1. The van der Waals surface area contributed by atoms with E-state index < -0.39 is 6.09 Å². The molecule has 0 saturated heterocycles. The predicted molar refractivity (Wildman–Crippen MR) is 97.6 cm³/mol. The van der Waals surface area contributed by atoms with E-state index >= 15 is 0 Å².